The molecule has 0 saturated carbocycles. The van der Waals surface area contributed by atoms with Gasteiger partial charge in [-0.2, -0.15) is 5.10 Å². The van der Waals surface area contributed by atoms with E-state index in [-0.39, 0.29) is 5.03 Å². The maximum absolute atomic E-state index is 11.9. The standard InChI is InChI=1S/C10H20N4O2S/c1-5-12-17(15,16)10-9(6-11-7(2)3)8(4)13-14-10/h7,11-12H,5-6H2,1-4H3,(H,13,14). The minimum atomic E-state index is -3.50. The first kappa shape index (κ1) is 14.1. The molecule has 0 aliphatic rings. The normalized spacial score (nSPS) is 12.3. The van der Waals surface area contributed by atoms with Gasteiger partial charge >= 0.3 is 0 Å². The van der Waals surface area contributed by atoms with Crippen molar-refractivity contribution in [2.75, 3.05) is 6.54 Å². The van der Waals surface area contributed by atoms with Crippen LogP contribution >= 0.6 is 0 Å². The van der Waals surface area contributed by atoms with Gasteiger partial charge in [0.15, 0.2) is 5.03 Å². The summed E-state index contributed by atoms with van der Waals surface area (Å²) < 4.78 is 26.2. The van der Waals surface area contributed by atoms with Crippen LogP contribution in [0, 0.1) is 6.92 Å². The van der Waals surface area contributed by atoms with Crippen LogP contribution in [0.3, 0.4) is 0 Å². The Morgan fingerprint density at radius 2 is 2.06 bits per heavy atom. The Morgan fingerprint density at radius 3 is 2.59 bits per heavy atom. The average Bonchev–Trinajstić information content (AvgIpc) is 2.57. The second-order valence-corrected chi connectivity index (χ2v) is 5.85. The first-order valence-corrected chi connectivity index (χ1v) is 7.13. The molecule has 0 radical (unpaired) electrons. The lowest BCUT2D eigenvalue weighted by Gasteiger charge is -2.09. The third-order valence-corrected chi connectivity index (χ3v) is 3.83. The van der Waals surface area contributed by atoms with Gasteiger partial charge in [-0.25, -0.2) is 13.1 Å². The molecule has 0 bridgehead atoms. The Hall–Kier alpha value is -0.920. The van der Waals surface area contributed by atoms with Gasteiger partial charge in [0.1, 0.15) is 0 Å². The Bertz CT molecular complexity index is 465. The largest absolute Gasteiger partial charge is 0.310 e. The highest BCUT2D eigenvalue weighted by atomic mass is 32.2. The molecule has 1 rings (SSSR count). The molecule has 0 aliphatic heterocycles. The number of aromatic nitrogens is 2. The summed E-state index contributed by atoms with van der Waals surface area (Å²) in [6, 6.07) is 0.291. The number of hydrogen-bond donors (Lipinski definition) is 3. The minimum Gasteiger partial charge on any atom is -0.310 e. The van der Waals surface area contributed by atoms with Gasteiger partial charge in [-0.1, -0.05) is 20.8 Å². The zero-order valence-electron chi connectivity index (χ0n) is 10.7. The van der Waals surface area contributed by atoms with Crippen molar-refractivity contribution in [2.24, 2.45) is 0 Å². The fourth-order valence-electron chi connectivity index (χ4n) is 1.43. The van der Waals surface area contributed by atoms with Gasteiger partial charge in [-0.3, -0.25) is 5.10 Å². The summed E-state index contributed by atoms with van der Waals surface area (Å²) in [7, 11) is -3.50. The lowest BCUT2D eigenvalue weighted by atomic mass is 10.2. The fourth-order valence-corrected chi connectivity index (χ4v) is 2.66. The van der Waals surface area contributed by atoms with Crippen LogP contribution in [0.25, 0.3) is 0 Å². The van der Waals surface area contributed by atoms with E-state index in [9.17, 15) is 8.42 Å². The highest BCUT2D eigenvalue weighted by Gasteiger charge is 2.22. The molecule has 0 atom stereocenters. The molecular formula is C10H20N4O2S. The van der Waals surface area contributed by atoms with Gasteiger partial charge in [0.25, 0.3) is 10.0 Å². The van der Waals surface area contributed by atoms with Crippen molar-refractivity contribution in [1.29, 1.82) is 0 Å². The molecule has 0 aromatic carbocycles. The van der Waals surface area contributed by atoms with E-state index in [1.807, 2.05) is 20.8 Å². The van der Waals surface area contributed by atoms with Crippen molar-refractivity contribution >= 4 is 10.0 Å². The molecule has 0 spiro atoms. The van der Waals surface area contributed by atoms with Crippen LogP contribution in [0.4, 0.5) is 0 Å². The summed E-state index contributed by atoms with van der Waals surface area (Å²) >= 11 is 0. The first-order chi connectivity index (χ1) is 7.88. The van der Waals surface area contributed by atoms with Crippen LogP contribution in [0.2, 0.25) is 0 Å². The maximum atomic E-state index is 11.9. The molecule has 1 aromatic heterocycles. The minimum absolute atomic E-state index is 0.0880. The van der Waals surface area contributed by atoms with Crippen LogP contribution < -0.4 is 10.0 Å². The predicted octanol–water partition coefficient (Wildman–Crippen LogP) is 0.514. The Balaban J connectivity index is 3.01. The second kappa shape index (κ2) is 5.61. The summed E-state index contributed by atoms with van der Waals surface area (Å²) in [6.07, 6.45) is 0. The number of rotatable bonds is 6. The van der Waals surface area contributed by atoms with Crippen molar-refractivity contribution in [1.82, 2.24) is 20.2 Å². The number of nitrogens with one attached hydrogen (secondary N) is 3. The number of aryl methyl sites for hydroxylation is 1. The molecule has 3 N–H and O–H groups in total. The monoisotopic (exact) mass is 260 g/mol. The topological polar surface area (TPSA) is 86.9 Å². The molecule has 0 amide bonds. The molecule has 7 heteroatoms. The molecule has 6 nitrogen and oxygen atoms in total. The summed E-state index contributed by atoms with van der Waals surface area (Å²) in [5.74, 6) is 0. The van der Waals surface area contributed by atoms with Crippen LogP contribution in [0.1, 0.15) is 32.0 Å². The SMILES string of the molecule is CCNS(=O)(=O)c1n[nH]c(C)c1CNC(C)C. The van der Waals surface area contributed by atoms with E-state index in [4.69, 9.17) is 0 Å². The lowest BCUT2D eigenvalue weighted by Crippen LogP contribution is -2.27. The van der Waals surface area contributed by atoms with Gasteiger partial charge in [0.05, 0.1) is 0 Å². The van der Waals surface area contributed by atoms with Crippen LogP contribution in [0.15, 0.2) is 5.03 Å². The average molecular weight is 260 g/mol. The van der Waals surface area contributed by atoms with E-state index < -0.39 is 10.0 Å². The van der Waals surface area contributed by atoms with Crippen molar-refractivity contribution in [2.45, 2.75) is 45.3 Å². The van der Waals surface area contributed by atoms with Gasteiger partial charge in [0, 0.05) is 30.4 Å². The summed E-state index contributed by atoms with van der Waals surface area (Å²) in [5, 5.41) is 9.86. The highest BCUT2D eigenvalue weighted by Crippen LogP contribution is 2.15. The van der Waals surface area contributed by atoms with E-state index in [1.165, 1.54) is 0 Å². The van der Waals surface area contributed by atoms with Crippen LogP contribution in [-0.4, -0.2) is 31.2 Å². The molecule has 0 unspecified atom stereocenters. The number of nitrogens with zero attached hydrogens (tertiary/aromatic N) is 1. The molecule has 17 heavy (non-hydrogen) atoms. The zero-order chi connectivity index (χ0) is 13.1. The van der Waals surface area contributed by atoms with E-state index in [0.29, 0.717) is 24.7 Å². The van der Waals surface area contributed by atoms with Crippen molar-refractivity contribution in [3.63, 3.8) is 0 Å². The smallest absolute Gasteiger partial charge is 0.260 e. The molecule has 1 heterocycles. The molecular weight excluding hydrogens is 240 g/mol. The Morgan fingerprint density at radius 1 is 1.41 bits per heavy atom. The quantitative estimate of drug-likeness (QED) is 0.695. The van der Waals surface area contributed by atoms with Gasteiger partial charge < -0.3 is 5.32 Å². The molecule has 1 aromatic rings. The fraction of sp³-hybridized carbons (Fsp3) is 0.700. The van der Waals surface area contributed by atoms with Crippen LogP contribution in [0.5, 0.6) is 0 Å². The van der Waals surface area contributed by atoms with Crippen LogP contribution in [-0.2, 0) is 16.6 Å². The third kappa shape index (κ3) is 3.52. The van der Waals surface area contributed by atoms with Crippen molar-refractivity contribution in [3.05, 3.63) is 11.3 Å². The number of hydrogen-bond acceptors (Lipinski definition) is 4. The Labute approximate surface area is 102 Å². The van der Waals surface area contributed by atoms with Gasteiger partial charge in [-0.05, 0) is 6.92 Å². The maximum Gasteiger partial charge on any atom is 0.260 e. The van der Waals surface area contributed by atoms with E-state index in [0.717, 1.165) is 5.69 Å². The highest BCUT2D eigenvalue weighted by molar-refractivity contribution is 7.89. The molecule has 0 aliphatic carbocycles. The number of aromatic amines is 1. The van der Waals surface area contributed by atoms with E-state index >= 15 is 0 Å². The molecule has 98 valence electrons. The van der Waals surface area contributed by atoms with E-state index in [2.05, 4.69) is 20.2 Å². The second-order valence-electron chi connectivity index (χ2n) is 4.17. The molecule has 0 fully saturated rings. The summed E-state index contributed by atoms with van der Waals surface area (Å²) in [6.45, 7) is 8.41. The van der Waals surface area contributed by atoms with Gasteiger partial charge in [-0.15, -0.1) is 0 Å². The van der Waals surface area contributed by atoms with Crippen molar-refractivity contribution in [3.8, 4) is 0 Å². The van der Waals surface area contributed by atoms with Gasteiger partial charge in [0.2, 0.25) is 0 Å². The van der Waals surface area contributed by atoms with Crippen molar-refractivity contribution < 1.29 is 8.42 Å². The Kier molecular flexibility index (Phi) is 4.67. The first-order valence-electron chi connectivity index (χ1n) is 5.65. The van der Waals surface area contributed by atoms with E-state index in [1.54, 1.807) is 6.92 Å². The lowest BCUT2D eigenvalue weighted by molar-refractivity contribution is 0.565. The summed E-state index contributed by atoms with van der Waals surface area (Å²) in [4.78, 5) is 0. The number of sulfonamides is 1. The number of H-pyrrole nitrogens is 1. The zero-order valence-corrected chi connectivity index (χ0v) is 11.5. The predicted molar refractivity (Wildman–Crippen MR) is 66.2 cm³/mol. The molecule has 0 saturated heterocycles. The summed E-state index contributed by atoms with van der Waals surface area (Å²) in [5.41, 5.74) is 1.47. The third-order valence-electron chi connectivity index (χ3n) is 2.31.